The molecule has 0 unspecified atom stereocenters. The fourth-order valence-electron chi connectivity index (χ4n) is 5.06. The Labute approximate surface area is 293 Å². The van der Waals surface area contributed by atoms with Crippen molar-refractivity contribution in [2.24, 2.45) is 23.7 Å². The molecule has 0 aromatic heterocycles. The van der Waals surface area contributed by atoms with Gasteiger partial charge in [0.15, 0.2) is 22.9 Å². The van der Waals surface area contributed by atoms with E-state index in [9.17, 15) is 0 Å². The van der Waals surface area contributed by atoms with Crippen molar-refractivity contribution in [3.63, 3.8) is 0 Å². The van der Waals surface area contributed by atoms with E-state index in [2.05, 4.69) is 143 Å². The summed E-state index contributed by atoms with van der Waals surface area (Å²) < 4.78 is 45.1. The van der Waals surface area contributed by atoms with Crippen LogP contribution in [0.2, 0.25) is 36.3 Å². The van der Waals surface area contributed by atoms with Crippen LogP contribution < -0.4 is 0 Å². The average Bonchev–Trinajstić information content (AvgIpc) is 2.89. The van der Waals surface area contributed by atoms with Crippen LogP contribution in [0, 0.1) is 35.5 Å². The molecule has 0 aromatic carbocycles. The minimum atomic E-state index is -2.13. The first kappa shape index (κ1) is 43.2. The smallest absolute Gasteiger partial charge is 0.195 e. The summed E-state index contributed by atoms with van der Waals surface area (Å²) in [7, 11) is -0.926. The molecular formula is C35H67IO7Si2. The Morgan fingerprint density at radius 1 is 0.844 bits per heavy atom. The zero-order valence-electron chi connectivity index (χ0n) is 31.6. The Hall–Kier alpha value is 0.184. The van der Waals surface area contributed by atoms with Crippen LogP contribution in [0.15, 0.2) is 9.66 Å². The third-order valence-corrected chi connectivity index (χ3v) is 19.3. The molecule has 1 aliphatic heterocycles. The fourth-order valence-corrected chi connectivity index (χ4v) is 8.30. The number of hydrogen-bond acceptors (Lipinski definition) is 7. The number of hydrogen-bond donors (Lipinski definition) is 0. The van der Waals surface area contributed by atoms with Gasteiger partial charge in [-0.15, -0.1) is 0 Å². The molecule has 1 fully saturated rings. The summed E-state index contributed by atoms with van der Waals surface area (Å²) in [4.78, 5) is 0. The highest BCUT2D eigenvalue weighted by molar-refractivity contribution is 14.1. The Morgan fingerprint density at radius 2 is 1.36 bits per heavy atom. The van der Waals surface area contributed by atoms with Crippen molar-refractivity contribution in [3.8, 4) is 11.8 Å². The normalized spacial score (nSPS) is 26.5. The maximum absolute atomic E-state index is 7.17. The number of rotatable bonds is 15. The standard InChI is InChI=1S/C35H67IO7Si2/c1-24(31(40-23-38-13)25(2)20-26(3)36)18-19-29(39-22-37-12)21-30-27(4)32(42-44(14,15)34(6,7)8)28(5)33(41-30)43-45(16,17)35(9,10)11/h20,24-25,27-33H,21-23H2,1-17H3/t24-,25-,27-,28+,29+,30-,31-,32-,33-/m0/s1. The van der Waals surface area contributed by atoms with Crippen LogP contribution >= 0.6 is 22.6 Å². The molecule has 0 radical (unpaired) electrons. The molecule has 1 aliphatic rings. The van der Waals surface area contributed by atoms with E-state index in [1.165, 1.54) is 3.58 Å². The van der Waals surface area contributed by atoms with Gasteiger partial charge in [-0.25, -0.2) is 0 Å². The van der Waals surface area contributed by atoms with Crippen molar-refractivity contribution in [2.45, 2.75) is 150 Å². The molecule has 1 heterocycles. The van der Waals surface area contributed by atoms with Crippen molar-refractivity contribution >= 4 is 39.2 Å². The Morgan fingerprint density at radius 3 is 1.84 bits per heavy atom. The van der Waals surface area contributed by atoms with Gasteiger partial charge in [-0.2, -0.15) is 0 Å². The highest BCUT2D eigenvalue weighted by Gasteiger charge is 2.50. The lowest BCUT2D eigenvalue weighted by atomic mass is 9.84. The van der Waals surface area contributed by atoms with E-state index < -0.39 is 22.7 Å². The third kappa shape index (κ3) is 13.2. The van der Waals surface area contributed by atoms with Crippen LogP contribution in [-0.4, -0.2) is 75.1 Å². The van der Waals surface area contributed by atoms with Gasteiger partial charge in [-0.1, -0.05) is 80.2 Å². The second kappa shape index (κ2) is 18.3. The summed E-state index contributed by atoms with van der Waals surface area (Å²) in [5.74, 6) is 7.22. The highest BCUT2D eigenvalue weighted by Crippen LogP contribution is 2.45. The monoisotopic (exact) mass is 782 g/mol. The molecule has 0 saturated carbocycles. The van der Waals surface area contributed by atoms with Gasteiger partial charge in [0.1, 0.15) is 19.7 Å². The Bertz CT molecular complexity index is 975. The summed E-state index contributed by atoms with van der Waals surface area (Å²) in [6.07, 6.45) is 1.73. The molecule has 0 amide bonds. The molecule has 7 nitrogen and oxygen atoms in total. The van der Waals surface area contributed by atoms with Gasteiger partial charge in [0.2, 0.25) is 0 Å². The maximum atomic E-state index is 7.17. The van der Waals surface area contributed by atoms with Crippen molar-refractivity contribution < 1.29 is 32.5 Å². The van der Waals surface area contributed by atoms with E-state index in [0.717, 1.165) is 0 Å². The van der Waals surface area contributed by atoms with Gasteiger partial charge in [-0.05, 0) is 76.3 Å². The van der Waals surface area contributed by atoms with E-state index in [-0.39, 0.29) is 71.9 Å². The second-order valence-corrected chi connectivity index (χ2v) is 27.2. The van der Waals surface area contributed by atoms with Crippen LogP contribution in [0.1, 0.15) is 82.6 Å². The van der Waals surface area contributed by atoms with Gasteiger partial charge < -0.3 is 32.5 Å². The predicted molar refractivity (Wildman–Crippen MR) is 199 cm³/mol. The van der Waals surface area contributed by atoms with Crippen LogP contribution in [0.5, 0.6) is 0 Å². The molecule has 10 heteroatoms. The fraction of sp³-hybridized carbons (Fsp3) is 0.886. The molecular weight excluding hydrogens is 715 g/mol. The molecule has 0 spiro atoms. The zero-order valence-corrected chi connectivity index (χ0v) is 35.8. The lowest BCUT2D eigenvalue weighted by molar-refractivity contribution is -0.237. The molecule has 1 rings (SSSR count). The quantitative estimate of drug-likeness (QED) is 0.0711. The van der Waals surface area contributed by atoms with Crippen molar-refractivity contribution in [2.75, 3.05) is 27.8 Å². The van der Waals surface area contributed by atoms with E-state index in [1.807, 2.05) is 0 Å². The summed E-state index contributed by atoms with van der Waals surface area (Å²) >= 11 is 2.34. The number of ether oxygens (including phenoxy) is 5. The Kier molecular flexibility index (Phi) is 17.5. The first-order valence-electron chi connectivity index (χ1n) is 16.6. The predicted octanol–water partition coefficient (Wildman–Crippen LogP) is 9.38. The minimum Gasteiger partial charge on any atom is -0.413 e. The van der Waals surface area contributed by atoms with Crippen molar-refractivity contribution in [1.29, 1.82) is 0 Å². The Balaban J connectivity index is 3.46. The van der Waals surface area contributed by atoms with Crippen LogP contribution in [0.25, 0.3) is 0 Å². The van der Waals surface area contributed by atoms with Gasteiger partial charge in [0, 0.05) is 44.3 Å². The number of allylic oxidation sites excluding steroid dienone is 1. The topological polar surface area (TPSA) is 64.6 Å². The van der Waals surface area contributed by atoms with Gasteiger partial charge in [0.05, 0.1) is 18.3 Å². The molecule has 9 atom stereocenters. The first-order valence-corrected chi connectivity index (χ1v) is 23.5. The minimum absolute atomic E-state index is 0.00894. The van der Waals surface area contributed by atoms with Crippen molar-refractivity contribution in [3.05, 3.63) is 9.66 Å². The van der Waals surface area contributed by atoms with E-state index in [4.69, 9.17) is 32.5 Å². The lowest BCUT2D eigenvalue weighted by Crippen LogP contribution is -2.58. The maximum Gasteiger partial charge on any atom is 0.195 e. The van der Waals surface area contributed by atoms with Crippen LogP contribution in [0.4, 0.5) is 0 Å². The summed E-state index contributed by atoms with van der Waals surface area (Å²) in [6.45, 7) is 34.1. The van der Waals surface area contributed by atoms with Gasteiger partial charge >= 0.3 is 0 Å². The van der Waals surface area contributed by atoms with Gasteiger partial charge in [-0.3, -0.25) is 0 Å². The average molecular weight is 783 g/mol. The summed E-state index contributed by atoms with van der Waals surface area (Å²) in [6, 6.07) is 0. The molecule has 0 aromatic rings. The summed E-state index contributed by atoms with van der Waals surface area (Å²) in [5, 5.41) is 0.144. The zero-order chi connectivity index (χ0) is 35.0. The molecule has 0 bridgehead atoms. The van der Waals surface area contributed by atoms with E-state index in [0.29, 0.717) is 6.42 Å². The van der Waals surface area contributed by atoms with E-state index >= 15 is 0 Å². The highest BCUT2D eigenvalue weighted by atomic mass is 127. The molecule has 0 N–H and O–H groups in total. The van der Waals surface area contributed by atoms with Crippen molar-refractivity contribution in [1.82, 2.24) is 0 Å². The van der Waals surface area contributed by atoms with Crippen LogP contribution in [0.3, 0.4) is 0 Å². The second-order valence-electron chi connectivity index (χ2n) is 16.0. The van der Waals surface area contributed by atoms with Crippen LogP contribution in [-0.2, 0) is 32.5 Å². The third-order valence-electron chi connectivity index (χ3n) is 10.0. The number of methoxy groups -OCH3 is 2. The van der Waals surface area contributed by atoms with E-state index in [1.54, 1.807) is 14.2 Å². The summed E-state index contributed by atoms with van der Waals surface area (Å²) in [5.41, 5.74) is 0. The molecule has 0 aliphatic carbocycles. The van der Waals surface area contributed by atoms with Gasteiger partial charge in [0.25, 0.3) is 0 Å². The molecule has 1 saturated heterocycles. The largest absolute Gasteiger partial charge is 0.413 e. The lowest BCUT2D eigenvalue weighted by Gasteiger charge is -2.51. The first-order chi connectivity index (χ1) is 20.5. The molecule has 45 heavy (non-hydrogen) atoms. The molecule has 264 valence electrons. The number of halogens is 1. The SMILES string of the molecule is COCO[C@@H]([C@@H](C)C#C[C@H](C[C@@H]1O[C@@H](O[Si](C)(C)C(C)(C)C)[C@H](C)[C@@H](O[Si](C)(C)C(C)(C)C)[C@H]1C)OCOC)[C@@H](C)C=C(C)I.